The first kappa shape index (κ1) is 23.1. The molecule has 6 heteroatoms. The average Bonchev–Trinajstić information content (AvgIpc) is 3.57. The van der Waals surface area contributed by atoms with E-state index in [9.17, 15) is 14.4 Å². The second-order valence-corrected chi connectivity index (χ2v) is 9.86. The normalized spacial score (nSPS) is 16.6. The molecule has 180 valence electrons. The number of hydrogen-bond acceptors (Lipinski definition) is 3. The van der Waals surface area contributed by atoms with Crippen LogP contribution in [0.2, 0.25) is 0 Å². The van der Waals surface area contributed by atoms with Gasteiger partial charge in [0.2, 0.25) is 5.43 Å². The van der Waals surface area contributed by atoms with Gasteiger partial charge in [0, 0.05) is 36.9 Å². The first-order valence-corrected chi connectivity index (χ1v) is 12.5. The first-order chi connectivity index (χ1) is 17.0. The lowest BCUT2D eigenvalue weighted by molar-refractivity contribution is 0.0941. The fourth-order valence-corrected chi connectivity index (χ4v) is 5.09. The molecule has 0 atom stereocenters. The maximum Gasteiger partial charge on any atom is 0.256 e. The van der Waals surface area contributed by atoms with E-state index in [0.717, 1.165) is 44.1 Å². The van der Waals surface area contributed by atoms with E-state index < -0.39 is 17.2 Å². The quantitative estimate of drug-likeness (QED) is 0.523. The SMILES string of the molecule is O=C(NCC1(c2ccccc2)CCCC1)c1cn(Cc2ccccc2)cc(C(=O)NC2CC2)c1=O. The third kappa shape index (κ3) is 5.21. The molecule has 0 aliphatic heterocycles. The largest absolute Gasteiger partial charge is 0.351 e. The molecule has 6 nitrogen and oxygen atoms in total. The molecule has 2 aromatic carbocycles. The van der Waals surface area contributed by atoms with E-state index in [1.54, 1.807) is 17.0 Å². The van der Waals surface area contributed by atoms with Crippen molar-refractivity contribution in [2.45, 2.75) is 56.5 Å². The first-order valence-electron chi connectivity index (χ1n) is 12.5. The monoisotopic (exact) mass is 469 g/mol. The molecule has 0 unspecified atom stereocenters. The van der Waals surface area contributed by atoms with Gasteiger partial charge in [-0.05, 0) is 36.8 Å². The number of nitrogens with zero attached hydrogens (tertiary/aromatic N) is 1. The number of pyridine rings is 1. The molecule has 2 fully saturated rings. The summed E-state index contributed by atoms with van der Waals surface area (Å²) >= 11 is 0. The van der Waals surface area contributed by atoms with Crippen molar-refractivity contribution in [3.8, 4) is 0 Å². The van der Waals surface area contributed by atoms with Crippen LogP contribution in [0.15, 0.2) is 77.9 Å². The Morgan fingerprint density at radius 1 is 0.857 bits per heavy atom. The minimum Gasteiger partial charge on any atom is -0.351 e. The summed E-state index contributed by atoms with van der Waals surface area (Å²) in [7, 11) is 0. The van der Waals surface area contributed by atoms with Crippen molar-refractivity contribution in [2.75, 3.05) is 6.54 Å². The molecule has 5 rings (SSSR count). The molecule has 0 saturated heterocycles. The fourth-order valence-electron chi connectivity index (χ4n) is 5.09. The van der Waals surface area contributed by atoms with E-state index in [1.165, 1.54) is 5.56 Å². The molecule has 0 bridgehead atoms. The van der Waals surface area contributed by atoms with E-state index in [-0.39, 0.29) is 22.6 Å². The number of rotatable bonds is 8. The number of nitrogens with one attached hydrogen (secondary N) is 2. The van der Waals surface area contributed by atoms with Crippen molar-refractivity contribution in [1.29, 1.82) is 0 Å². The molecule has 2 amide bonds. The fraction of sp³-hybridized carbons (Fsp3) is 0.345. The molecular formula is C29H31N3O3. The predicted octanol–water partition coefficient (Wildman–Crippen LogP) is 4.03. The van der Waals surface area contributed by atoms with Crippen LogP contribution in [-0.2, 0) is 12.0 Å². The van der Waals surface area contributed by atoms with E-state index in [2.05, 4.69) is 22.8 Å². The summed E-state index contributed by atoms with van der Waals surface area (Å²) in [4.78, 5) is 39.5. The maximum absolute atomic E-state index is 13.4. The molecule has 0 spiro atoms. The van der Waals surface area contributed by atoms with Crippen molar-refractivity contribution in [2.24, 2.45) is 0 Å². The summed E-state index contributed by atoms with van der Waals surface area (Å²) in [6.07, 6.45) is 9.21. The lowest BCUT2D eigenvalue weighted by Crippen LogP contribution is -2.41. The molecule has 2 aliphatic rings. The van der Waals surface area contributed by atoms with Crippen LogP contribution >= 0.6 is 0 Å². The summed E-state index contributed by atoms with van der Waals surface area (Å²) in [6.45, 7) is 0.922. The second kappa shape index (κ2) is 9.90. The Labute approximate surface area is 205 Å². The number of aromatic nitrogens is 1. The zero-order chi connectivity index (χ0) is 24.3. The van der Waals surface area contributed by atoms with Crippen LogP contribution in [0.25, 0.3) is 0 Å². The van der Waals surface area contributed by atoms with Gasteiger partial charge >= 0.3 is 0 Å². The molecule has 2 N–H and O–H groups in total. The van der Waals surface area contributed by atoms with Crippen molar-refractivity contribution < 1.29 is 9.59 Å². The number of carbonyl (C=O) groups excluding carboxylic acids is 2. The van der Waals surface area contributed by atoms with Gasteiger partial charge in [-0.15, -0.1) is 0 Å². The van der Waals surface area contributed by atoms with Crippen molar-refractivity contribution in [3.63, 3.8) is 0 Å². The van der Waals surface area contributed by atoms with Gasteiger partial charge in [0.05, 0.1) is 0 Å². The minimum absolute atomic E-state index is 0.00517. The maximum atomic E-state index is 13.4. The highest BCUT2D eigenvalue weighted by molar-refractivity contribution is 5.99. The van der Waals surface area contributed by atoms with Crippen molar-refractivity contribution >= 4 is 11.8 Å². The Balaban J connectivity index is 1.43. The predicted molar refractivity (Wildman–Crippen MR) is 136 cm³/mol. The van der Waals surface area contributed by atoms with Crippen LogP contribution in [0.4, 0.5) is 0 Å². The summed E-state index contributed by atoms with van der Waals surface area (Å²) < 4.78 is 1.76. The topological polar surface area (TPSA) is 80.2 Å². The van der Waals surface area contributed by atoms with Crippen molar-refractivity contribution in [1.82, 2.24) is 15.2 Å². The summed E-state index contributed by atoms with van der Waals surface area (Å²) in [5.74, 6) is -0.842. The van der Waals surface area contributed by atoms with Crippen molar-refractivity contribution in [3.05, 3.63) is 106 Å². The molecule has 2 aliphatic carbocycles. The third-order valence-electron chi connectivity index (χ3n) is 7.22. The highest BCUT2D eigenvalue weighted by atomic mass is 16.2. The summed E-state index contributed by atoms with van der Waals surface area (Å²) in [5.41, 5.74) is 1.61. The van der Waals surface area contributed by atoms with Gasteiger partial charge in [0.25, 0.3) is 11.8 Å². The molecule has 35 heavy (non-hydrogen) atoms. The van der Waals surface area contributed by atoms with Gasteiger partial charge in [0.1, 0.15) is 11.1 Å². The molecular weight excluding hydrogens is 438 g/mol. The smallest absolute Gasteiger partial charge is 0.256 e. The van der Waals surface area contributed by atoms with Crippen LogP contribution in [0.5, 0.6) is 0 Å². The van der Waals surface area contributed by atoms with Gasteiger partial charge in [-0.1, -0.05) is 73.5 Å². The van der Waals surface area contributed by atoms with Crippen LogP contribution in [-0.4, -0.2) is 29.0 Å². The Morgan fingerprint density at radius 3 is 2.09 bits per heavy atom. The van der Waals surface area contributed by atoms with Crippen LogP contribution in [0, 0.1) is 0 Å². The number of amides is 2. The van der Waals surface area contributed by atoms with Gasteiger partial charge in [-0.3, -0.25) is 14.4 Å². The molecule has 1 aromatic heterocycles. The van der Waals surface area contributed by atoms with Crippen LogP contribution in [0.1, 0.15) is 70.4 Å². The minimum atomic E-state index is -0.523. The van der Waals surface area contributed by atoms with E-state index in [4.69, 9.17) is 0 Å². The number of hydrogen-bond donors (Lipinski definition) is 2. The van der Waals surface area contributed by atoms with Crippen LogP contribution < -0.4 is 16.1 Å². The zero-order valence-corrected chi connectivity index (χ0v) is 19.8. The van der Waals surface area contributed by atoms with Gasteiger partial charge in [-0.2, -0.15) is 0 Å². The van der Waals surface area contributed by atoms with E-state index >= 15 is 0 Å². The Kier molecular flexibility index (Phi) is 6.53. The Hall–Kier alpha value is -3.67. The summed E-state index contributed by atoms with van der Waals surface area (Å²) in [6, 6.07) is 20.2. The standard InChI is InChI=1S/C29H31N3O3/c33-26-24(27(34)30-20-29(15-7-8-16-29)22-11-5-2-6-12-22)18-32(17-21-9-3-1-4-10-21)19-25(26)28(35)31-23-13-14-23/h1-6,9-12,18-19,23H,7-8,13-17,20H2,(H,30,34)(H,31,35). The third-order valence-corrected chi connectivity index (χ3v) is 7.22. The molecule has 2 saturated carbocycles. The number of benzene rings is 2. The number of carbonyl (C=O) groups is 2. The van der Waals surface area contributed by atoms with E-state index in [0.29, 0.717) is 13.1 Å². The average molecular weight is 470 g/mol. The molecule has 1 heterocycles. The summed E-state index contributed by atoms with van der Waals surface area (Å²) in [5, 5.41) is 5.94. The van der Waals surface area contributed by atoms with Gasteiger partial charge < -0.3 is 15.2 Å². The highest BCUT2D eigenvalue weighted by Crippen LogP contribution is 2.40. The van der Waals surface area contributed by atoms with Crippen LogP contribution in [0.3, 0.4) is 0 Å². The van der Waals surface area contributed by atoms with Gasteiger partial charge in [-0.25, -0.2) is 0 Å². The van der Waals surface area contributed by atoms with E-state index in [1.807, 2.05) is 48.5 Å². The lowest BCUT2D eigenvalue weighted by Gasteiger charge is -2.30. The molecule has 0 radical (unpaired) electrons. The second-order valence-electron chi connectivity index (χ2n) is 9.86. The molecule has 3 aromatic rings. The highest BCUT2D eigenvalue weighted by Gasteiger charge is 2.36. The van der Waals surface area contributed by atoms with Gasteiger partial charge in [0.15, 0.2) is 0 Å². The Morgan fingerprint density at radius 2 is 1.46 bits per heavy atom. The lowest BCUT2D eigenvalue weighted by atomic mass is 9.79. The Bertz CT molecular complexity index is 1260. The zero-order valence-electron chi connectivity index (χ0n) is 19.8.